The van der Waals surface area contributed by atoms with Gasteiger partial charge in [-0.25, -0.2) is 4.79 Å². The number of benzene rings is 1. The van der Waals surface area contributed by atoms with Crippen LogP contribution < -0.4 is 4.84 Å². The molecule has 8 heteroatoms. The Morgan fingerprint density at radius 1 is 1.27 bits per heavy atom. The second-order valence-electron chi connectivity index (χ2n) is 4.50. The summed E-state index contributed by atoms with van der Waals surface area (Å²) in [6, 6.07) is 4.79. The molecule has 0 aliphatic heterocycles. The maximum absolute atomic E-state index is 11.9. The normalized spacial score (nSPS) is 10.5. The summed E-state index contributed by atoms with van der Waals surface area (Å²) in [6.07, 6.45) is 0. The first-order chi connectivity index (χ1) is 10.6. The predicted octanol–water partition coefficient (Wildman–Crippen LogP) is 0.515. The number of carbonyl (C=O) groups excluding carboxylic acids is 2. The monoisotopic (exact) mass is 306 g/mol. The SMILES string of the molecule is CCN(CC)C(=O)COn1nnc2ccc(C(=O)OC)cc21. The summed E-state index contributed by atoms with van der Waals surface area (Å²) in [6.45, 7) is 4.87. The number of methoxy groups -OCH3 is 1. The van der Waals surface area contributed by atoms with Crippen LogP contribution in [0.2, 0.25) is 0 Å². The van der Waals surface area contributed by atoms with Gasteiger partial charge in [-0.2, -0.15) is 0 Å². The van der Waals surface area contributed by atoms with E-state index in [1.807, 2.05) is 13.8 Å². The highest BCUT2D eigenvalue weighted by Crippen LogP contribution is 2.13. The van der Waals surface area contributed by atoms with E-state index in [0.29, 0.717) is 29.7 Å². The van der Waals surface area contributed by atoms with Crippen LogP contribution >= 0.6 is 0 Å². The summed E-state index contributed by atoms with van der Waals surface area (Å²) in [5.41, 5.74) is 1.41. The van der Waals surface area contributed by atoms with E-state index in [0.717, 1.165) is 4.85 Å². The fraction of sp³-hybridized carbons (Fsp3) is 0.429. The minimum atomic E-state index is -0.464. The number of nitrogens with zero attached hydrogens (tertiary/aromatic N) is 4. The first-order valence-electron chi connectivity index (χ1n) is 6.95. The largest absolute Gasteiger partial charge is 0.465 e. The smallest absolute Gasteiger partial charge is 0.337 e. The van der Waals surface area contributed by atoms with Gasteiger partial charge in [0.05, 0.1) is 12.7 Å². The molecule has 0 radical (unpaired) electrons. The van der Waals surface area contributed by atoms with E-state index in [-0.39, 0.29) is 12.5 Å². The number of esters is 1. The van der Waals surface area contributed by atoms with Crippen LogP contribution in [0.15, 0.2) is 18.2 Å². The van der Waals surface area contributed by atoms with Crippen LogP contribution in [0.3, 0.4) is 0 Å². The Labute approximate surface area is 127 Å². The van der Waals surface area contributed by atoms with E-state index in [2.05, 4.69) is 15.0 Å². The van der Waals surface area contributed by atoms with E-state index in [1.54, 1.807) is 23.1 Å². The molecule has 22 heavy (non-hydrogen) atoms. The maximum Gasteiger partial charge on any atom is 0.337 e. The molecule has 2 aromatic rings. The van der Waals surface area contributed by atoms with Crippen LogP contribution in [0, 0.1) is 0 Å². The van der Waals surface area contributed by atoms with Crippen molar-refractivity contribution in [3.05, 3.63) is 23.8 Å². The molecule has 2 rings (SSSR count). The van der Waals surface area contributed by atoms with Crippen LogP contribution in [-0.2, 0) is 9.53 Å². The molecule has 0 aliphatic rings. The van der Waals surface area contributed by atoms with Gasteiger partial charge in [0.25, 0.3) is 5.91 Å². The van der Waals surface area contributed by atoms with Crippen molar-refractivity contribution in [1.29, 1.82) is 0 Å². The van der Waals surface area contributed by atoms with Crippen molar-refractivity contribution in [1.82, 2.24) is 20.1 Å². The van der Waals surface area contributed by atoms with Gasteiger partial charge in [-0.05, 0) is 37.3 Å². The highest BCUT2D eigenvalue weighted by Gasteiger charge is 2.14. The molecule has 0 N–H and O–H groups in total. The Balaban J connectivity index is 2.17. The van der Waals surface area contributed by atoms with Gasteiger partial charge >= 0.3 is 5.97 Å². The Morgan fingerprint density at radius 3 is 2.64 bits per heavy atom. The van der Waals surface area contributed by atoms with E-state index in [1.165, 1.54) is 7.11 Å². The number of hydrogen-bond donors (Lipinski definition) is 0. The number of ether oxygens (including phenoxy) is 1. The molecular formula is C14H18N4O4. The second kappa shape index (κ2) is 6.88. The molecule has 0 aliphatic carbocycles. The van der Waals surface area contributed by atoms with E-state index >= 15 is 0 Å². The zero-order valence-corrected chi connectivity index (χ0v) is 12.8. The third kappa shape index (κ3) is 3.16. The molecule has 0 fully saturated rings. The van der Waals surface area contributed by atoms with Crippen molar-refractivity contribution in [3.8, 4) is 0 Å². The van der Waals surface area contributed by atoms with Crippen molar-refractivity contribution >= 4 is 22.9 Å². The van der Waals surface area contributed by atoms with Crippen molar-refractivity contribution in [2.75, 3.05) is 26.8 Å². The topological polar surface area (TPSA) is 86.5 Å². The third-order valence-electron chi connectivity index (χ3n) is 3.26. The highest BCUT2D eigenvalue weighted by atomic mass is 16.7. The Morgan fingerprint density at radius 2 is 2.00 bits per heavy atom. The molecule has 0 saturated carbocycles. The van der Waals surface area contributed by atoms with Crippen LogP contribution in [0.5, 0.6) is 0 Å². The zero-order chi connectivity index (χ0) is 16.1. The quantitative estimate of drug-likeness (QED) is 0.723. The average Bonchev–Trinajstić information content (AvgIpc) is 2.95. The summed E-state index contributed by atoms with van der Waals surface area (Å²) in [5.74, 6) is -0.605. The molecule has 118 valence electrons. The number of hydrogen-bond acceptors (Lipinski definition) is 6. The summed E-state index contributed by atoms with van der Waals surface area (Å²) >= 11 is 0. The van der Waals surface area contributed by atoms with Gasteiger partial charge in [-0.1, -0.05) is 4.85 Å². The molecule has 0 unspecified atom stereocenters. The minimum absolute atomic E-state index is 0.141. The fourth-order valence-electron chi connectivity index (χ4n) is 2.02. The number of amides is 1. The van der Waals surface area contributed by atoms with Gasteiger partial charge < -0.3 is 14.5 Å². The molecule has 1 amide bonds. The number of likely N-dealkylation sites (N-methyl/N-ethyl adjacent to an activating group) is 1. The molecular weight excluding hydrogens is 288 g/mol. The first kappa shape index (κ1) is 15.7. The Hall–Kier alpha value is -2.64. The molecule has 0 bridgehead atoms. The van der Waals surface area contributed by atoms with E-state index < -0.39 is 5.97 Å². The lowest BCUT2D eigenvalue weighted by atomic mass is 10.2. The Kier molecular flexibility index (Phi) is 4.92. The third-order valence-corrected chi connectivity index (χ3v) is 3.26. The lowest BCUT2D eigenvalue weighted by Crippen LogP contribution is -2.36. The number of rotatable bonds is 6. The fourth-order valence-corrected chi connectivity index (χ4v) is 2.02. The molecule has 1 heterocycles. The van der Waals surface area contributed by atoms with Gasteiger partial charge in [0.1, 0.15) is 11.0 Å². The predicted molar refractivity (Wildman–Crippen MR) is 78.2 cm³/mol. The first-order valence-corrected chi connectivity index (χ1v) is 6.95. The molecule has 1 aromatic heterocycles. The standard InChI is InChI=1S/C14H18N4O4/c1-4-17(5-2)13(19)9-22-18-12-8-10(14(20)21-3)6-7-11(12)15-16-18/h6-8H,4-5,9H2,1-3H3. The number of carbonyl (C=O) groups is 2. The van der Waals surface area contributed by atoms with E-state index in [9.17, 15) is 9.59 Å². The van der Waals surface area contributed by atoms with Crippen LogP contribution in [0.25, 0.3) is 11.0 Å². The van der Waals surface area contributed by atoms with Crippen molar-refractivity contribution < 1.29 is 19.2 Å². The van der Waals surface area contributed by atoms with Gasteiger partial charge in [-0.15, -0.1) is 5.10 Å². The van der Waals surface area contributed by atoms with Crippen LogP contribution in [0.1, 0.15) is 24.2 Å². The lowest BCUT2D eigenvalue weighted by Gasteiger charge is -2.18. The van der Waals surface area contributed by atoms with Crippen molar-refractivity contribution in [3.63, 3.8) is 0 Å². The number of fused-ring (bicyclic) bond motifs is 1. The second-order valence-corrected chi connectivity index (χ2v) is 4.50. The molecule has 1 aromatic carbocycles. The summed E-state index contributed by atoms with van der Waals surface area (Å²) < 4.78 is 4.67. The van der Waals surface area contributed by atoms with E-state index in [4.69, 9.17) is 4.84 Å². The molecule has 8 nitrogen and oxygen atoms in total. The van der Waals surface area contributed by atoms with Gasteiger partial charge in [-0.3, -0.25) is 4.79 Å². The molecule has 0 spiro atoms. The minimum Gasteiger partial charge on any atom is -0.465 e. The van der Waals surface area contributed by atoms with Gasteiger partial charge in [0.15, 0.2) is 6.61 Å². The maximum atomic E-state index is 11.9. The summed E-state index contributed by atoms with van der Waals surface area (Å²) in [7, 11) is 1.31. The molecule has 0 saturated heterocycles. The van der Waals surface area contributed by atoms with Crippen molar-refractivity contribution in [2.24, 2.45) is 0 Å². The van der Waals surface area contributed by atoms with Crippen molar-refractivity contribution in [2.45, 2.75) is 13.8 Å². The summed E-state index contributed by atoms with van der Waals surface area (Å²) in [5, 5.41) is 7.75. The Bertz CT molecular complexity index is 679. The van der Waals surface area contributed by atoms with Crippen LogP contribution in [0.4, 0.5) is 0 Å². The zero-order valence-electron chi connectivity index (χ0n) is 12.8. The van der Waals surface area contributed by atoms with Crippen LogP contribution in [-0.4, -0.2) is 58.7 Å². The highest BCUT2D eigenvalue weighted by molar-refractivity contribution is 5.93. The average molecular weight is 306 g/mol. The van der Waals surface area contributed by atoms with Gasteiger partial charge in [0, 0.05) is 13.1 Å². The lowest BCUT2D eigenvalue weighted by molar-refractivity contribution is -0.136. The molecule has 0 atom stereocenters. The van der Waals surface area contributed by atoms with Gasteiger partial charge in [0.2, 0.25) is 0 Å². The number of aromatic nitrogens is 3. The summed E-state index contributed by atoms with van der Waals surface area (Å²) in [4.78, 5) is 31.6.